The fourth-order valence-electron chi connectivity index (χ4n) is 0.927. The maximum atomic E-state index is 10.5. The number of carbonyl (C=O) groups excluding carboxylic acids is 1. The van der Waals surface area contributed by atoms with E-state index in [2.05, 4.69) is 4.74 Å². The van der Waals surface area contributed by atoms with E-state index in [0.29, 0.717) is 5.57 Å². The third-order valence-electron chi connectivity index (χ3n) is 1.39. The van der Waals surface area contributed by atoms with Crippen molar-refractivity contribution in [2.24, 2.45) is 0 Å². The fourth-order valence-corrected chi connectivity index (χ4v) is 0.927. The summed E-state index contributed by atoms with van der Waals surface area (Å²) in [7, 11) is 0. The van der Waals surface area contributed by atoms with E-state index in [-0.39, 0.29) is 0 Å². The summed E-state index contributed by atoms with van der Waals surface area (Å²) in [5.74, 6) is -0.434. The van der Waals surface area contributed by atoms with Crippen molar-refractivity contribution in [2.75, 3.05) is 0 Å². The number of aliphatic hydroxyl groups is 1. The van der Waals surface area contributed by atoms with Gasteiger partial charge in [0.2, 0.25) is 6.29 Å². The van der Waals surface area contributed by atoms with Crippen molar-refractivity contribution in [1.82, 2.24) is 0 Å². The van der Waals surface area contributed by atoms with Crippen LogP contribution in [0.2, 0.25) is 0 Å². The Labute approximate surface area is 59.3 Å². The van der Waals surface area contributed by atoms with Gasteiger partial charge in [0.25, 0.3) is 0 Å². The summed E-state index contributed by atoms with van der Waals surface area (Å²) in [4.78, 5) is 10.5. The first-order chi connectivity index (χ1) is 4.74. The van der Waals surface area contributed by atoms with Gasteiger partial charge in [-0.15, -0.1) is 0 Å². The quantitative estimate of drug-likeness (QED) is 0.574. The molecule has 0 fully saturated rings. The van der Waals surface area contributed by atoms with Crippen molar-refractivity contribution in [3.63, 3.8) is 0 Å². The molecule has 3 nitrogen and oxygen atoms in total. The lowest BCUT2D eigenvalue weighted by Crippen LogP contribution is -2.09. The van der Waals surface area contributed by atoms with Gasteiger partial charge < -0.3 is 9.84 Å². The lowest BCUT2D eigenvalue weighted by atomic mass is 10.1. The molecule has 0 aliphatic carbocycles. The van der Waals surface area contributed by atoms with Crippen molar-refractivity contribution in [3.05, 3.63) is 11.6 Å². The van der Waals surface area contributed by atoms with Crippen molar-refractivity contribution in [1.29, 1.82) is 0 Å². The van der Waals surface area contributed by atoms with Crippen LogP contribution < -0.4 is 0 Å². The van der Waals surface area contributed by atoms with Crippen LogP contribution in [-0.2, 0) is 9.53 Å². The van der Waals surface area contributed by atoms with E-state index in [9.17, 15) is 4.79 Å². The molecule has 0 unspecified atom stereocenters. The molecule has 1 aliphatic heterocycles. The molecule has 0 bridgehead atoms. The highest BCUT2D eigenvalue weighted by atomic mass is 16.6. The second kappa shape index (κ2) is 2.84. The Hall–Kier alpha value is -0.830. The first-order valence-corrected chi connectivity index (χ1v) is 3.33. The number of rotatable bonds is 2. The molecule has 0 saturated carbocycles. The Morgan fingerprint density at radius 1 is 1.80 bits per heavy atom. The standard InChI is InChI=1S/C7H10O3/c1-2-3-5-4-6(8)10-7(5)9/h4,7,9H,2-3H2,1H3/t7-/m1/s1. The third kappa shape index (κ3) is 1.36. The second-order valence-electron chi connectivity index (χ2n) is 2.26. The van der Waals surface area contributed by atoms with Crippen molar-refractivity contribution in [3.8, 4) is 0 Å². The van der Waals surface area contributed by atoms with Crippen molar-refractivity contribution in [2.45, 2.75) is 26.1 Å². The molecule has 0 spiro atoms. The summed E-state index contributed by atoms with van der Waals surface area (Å²) < 4.78 is 4.45. The topological polar surface area (TPSA) is 46.5 Å². The van der Waals surface area contributed by atoms with Gasteiger partial charge in [-0.2, -0.15) is 0 Å². The summed E-state index contributed by atoms with van der Waals surface area (Å²) in [6.07, 6.45) is 2.02. The van der Waals surface area contributed by atoms with E-state index in [1.54, 1.807) is 0 Å². The summed E-state index contributed by atoms with van der Waals surface area (Å²) in [5.41, 5.74) is 0.688. The van der Waals surface area contributed by atoms with Crippen molar-refractivity contribution < 1.29 is 14.6 Å². The van der Waals surface area contributed by atoms with Crippen LogP contribution in [0.1, 0.15) is 19.8 Å². The van der Waals surface area contributed by atoms with Crippen LogP contribution in [0.4, 0.5) is 0 Å². The number of aliphatic hydroxyl groups excluding tert-OH is 1. The molecule has 1 N–H and O–H groups in total. The Morgan fingerprint density at radius 2 is 2.50 bits per heavy atom. The minimum atomic E-state index is -0.979. The van der Waals surface area contributed by atoms with Gasteiger partial charge in [-0.3, -0.25) is 0 Å². The molecule has 1 rings (SSSR count). The van der Waals surface area contributed by atoms with Gasteiger partial charge in [-0.1, -0.05) is 13.3 Å². The first-order valence-electron chi connectivity index (χ1n) is 3.33. The number of carbonyl (C=O) groups is 1. The van der Waals surface area contributed by atoms with E-state index in [1.165, 1.54) is 6.08 Å². The molecule has 0 aromatic rings. The molecule has 1 aliphatic rings. The molecule has 3 heteroatoms. The highest BCUT2D eigenvalue weighted by Gasteiger charge is 2.21. The van der Waals surface area contributed by atoms with Crippen LogP contribution in [0.3, 0.4) is 0 Å². The Balaban J connectivity index is 2.56. The number of esters is 1. The summed E-state index contributed by atoms with van der Waals surface area (Å²) in [6, 6.07) is 0. The number of hydrogen-bond donors (Lipinski definition) is 1. The molecule has 1 heterocycles. The van der Waals surface area contributed by atoms with Crippen LogP contribution in [-0.4, -0.2) is 17.4 Å². The lowest BCUT2D eigenvalue weighted by molar-refractivity contribution is -0.151. The fraction of sp³-hybridized carbons (Fsp3) is 0.571. The van der Waals surface area contributed by atoms with Crippen LogP contribution in [0, 0.1) is 0 Å². The molecule has 1 atom stereocenters. The van der Waals surface area contributed by atoms with Crippen LogP contribution in [0.25, 0.3) is 0 Å². The third-order valence-corrected chi connectivity index (χ3v) is 1.39. The van der Waals surface area contributed by atoms with Crippen molar-refractivity contribution >= 4 is 5.97 Å². The molecule has 0 aromatic heterocycles. The minimum Gasteiger partial charge on any atom is -0.429 e. The minimum absolute atomic E-state index is 0.434. The van der Waals surface area contributed by atoms with Gasteiger partial charge in [-0.25, -0.2) is 4.79 Å². The van der Waals surface area contributed by atoms with Gasteiger partial charge >= 0.3 is 5.97 Å². The first kappa shape index (κ1) is 7.28. The molecule has 0 aromatic carbocycles. The molecular weight excluding hydrogens is 132 g/mol. The summed E-state index contributed by atoms with van der Waals surface area (Å²) in [6.45, 7) is 1.98. The molecule has 56 valence electrons. The van der Waals surface area contributed by atoms with E-state index in [4.69, 9.17) is 5.11 Å². The zero-order valence-electron chi connectivity index (χ0n) is 5.83. The SMILES string of the molecule is CCCC1=CC(=O)O[C@H]1O. The largest absolute Gasteiger partial charge is 0.429 e. The summed E-state index contributed by atoms with van der Waals surface area (Å²) >= 11 is 0. The zero-order chi connectivity index (χ0) is 7.56. The molecule has 0 saturated heterocycles. The summed E-state index contributed by atoms with van der Waals surface area (Å²) in [5, 5.41) is 8.98. The van der Waals surface area contributed by atoms with Gasteiger partial charge in [0, 0.05) is 11.6 Å². The maximum absolute atomic E-state index is 10.5. The average Bonchev–Trinajstić information content (AvgIpc) is 2.13. The van der Waals surface area contributed by atoms with Crippen LogP contribution in [0.5, 0.6) is 0 Å². The van der Waals surface area contributed by atoms with E-state index in [0.717, 1.165) is 12.8 Å². The molecular formula is C7H10O3. The monoisotopic (exact) mass is 142 g/mol. The highest BCUT2D eigenvalue weighted by Crippen LogP contribution is 2.17. The zero-order valence-corrected chi connectivity index (χ0v) is 5.83. The maximum Gasteiger partial charge on any atom is 0.333 e. The second-order valence-corrected chi connectivity index (χ2v) is 2.26. The number of cyclic esters (lactones) is 1. The molecule has 0 radical (unpaired) electrons. The van der Waals surface area contributed by atoms with E-state index in [1.807, 2.05) is 6.92 Å². The highest BCUT2D eigenvalue weighted by molar-refractivity contribution is 5.85. The average molecular weight is 142 g/mol. The number of hydrogen-bond acceptors (Lipinski definition) is 3. The Morgan fingerprint density at radius 3 is 2.90 bits per heavy atom. The van der Waals surface area contributed by atoms with Gasteiger partial charge in [0.1, 0.15) is 0 Å². The van der Waals surface area contributed by atoms with Gasteiger partial charge in [0.15, 0.2) is 0 Å². The smallest absolute Gasteiger partial charge is 0.333 e. The van der Waals surface area contributed by atoms with E-state index >= 15 is 0 Å². The molecule has 10 heavy (non-hydrogen) atoms. The lowest BCUT2D eigenvalue weighted by Gasteiger charge is -2.04. The van der Waals surface area contributed by atoms with Crippen LogP contribution >= 0.6 is 0 Å². The van der Waals surface area contributed by atoms with E-state index < -0.39 is 12.3 Å². The van der Waals surface area contributed by atoms with Gasteiger partial charge in [0.05, 0.1) is 0 Å². The number of ether oxygens (including phenoxy) is 1. The molecule has 0 amide bonds. The Bertz CT molecular complexity index is 172. The normalized spacial score (nSPS) is 24.4. The predicted molar refractivity (Wildman–Crippen MR) is 35.1 cm³/mol. The predicted octanol–water partition coefficient (Wildman–Crippen LogP) is 0.588. The van der Waals surface area contributed by atoms with Gasteiger partial charge in [-0.05, 0) is 6.42 Å². The van der Waals surface area contributed by atoms with Crippen LogP contribution in [0.15, 0.2) is 11.6 Å². The Kier molecular flexibility index (Phi) is 2.06.